The van der Waals surface area contributed by atoms with Crippen LogP contribution in [0.25, 0.3) is 11.1 Å². The monoisotopic (exact) mass is 559 g/mol. The van der Waals surface area contributed by atoms with E-state index in [-0.39, 0.29) is 52.9 Å². The summed E-state index contributed by atoms with van der Waals surface area (Å²) in [6.45, 7) is 2.38. The molecule has 0 bridgehead atoms. The topological polar surface area (TPSA) is 43.4 Å². The molecule has 3 aromatic carbocycles. The van der Waals surface area contributed by atoms with Crippen molar-refractivity contribution in [2.45, 2.75) is 38.5 Å². The van der Waals surface area contributed by atoms with Gasteiger partial charge < -0.3 is 14.8 Å². The van der Waals surface area contributed by atoms with Crippen LogP contribution in [0.1, 0.15) is 69.4 Å². The number of likely N-dealkylation sites (tertiary alicyclic amines) is 1. The van der Waals surface area contributed by atoms with Gasteiger partial charge in [-0.25, -0.2) is 13.2 Å². The summed E-state index contributed by atoms with van der Waals surface area (Å²) in [5, 5.41) is 11.5. The molecule has 0 spiro atoms. The van der Waals surface area contributed by atoms with Crippen LogP contribution >= 0.6 is 0 Å². The second-order valence-corrected chi connectivity index (χ2v) is 10.5. The van der Waals surface area contributed by atoms with Gasteiger partial charge in [-0.3, -0.25) is 4.39 Å². The van der Waals surface area contributed by atoms with Crippen molar-refractivity contribution in [1.82, 2.24) is 4.90 Å². The van der Waals surface area contributed by atoms with E-state index in [0.717, 1.165) is 66.0 Å². The molecule has 0 radical (unpaired) electrons. The minimum atomic E-state index is -2.73. The number of rotatable bonds is 9. The standard InChI is InChI=1S/C32H31F4NO2.Na/c33-13-2-14-37-18-21(19-37)15-20-5-7-22(8-6-20)30-26-11-9-25(32(38)39)16-23(26)3-1-4-27(30)28-17-24(31(35)36)10-12-29(28)34;/h5-12,16-17,21,31H,1-4,13-15,18-19H2,(H,38,39);/q;+1/p-1. The fourth-order valence-corrected chi connectivity index (χ4v) is 5.84. The van der Waals surface area contributed by atoms with E-state index in [0.29, 0.717) is 37.2 Å². The second kappa shape index (κ2) is 13.5. The van der Waals surface area contributed by atoms with Crippen molar-refractivity contribution < 1.29 is 57.0 Å². The van der Waals surface area contributed by atoms with Crippen molar-refractivity contribution in [2.75, 3.05) is 26.3 Å². The number of carbonyl (C=O) groups is 1. The summed E-state index contributed by atoms with van der Waals surface area (Å²) in [7, 11) is 0. The molecule has 8 heteroatoms. The van der Waals surface area contributed by atoms with Gasteiger partial charge >= 0.3 is 29.6 Å². The molecule has 3 aromatic rings. The van der Waals surface area contributed by atoms with Crippen LogP contribution in [0.4, 0.5) is 17.6 Å². The van der Waals surface area contributed by atoms with E-state index >= 15 is 4.39 Å². The van der Waals surface area contributed by atoms with E-state index in [1.54, 1.807) is 12.1 Å². The zero-order chi connectivity index (χ0) is 27.5. The number of carboxylic acids is 1. The van der Waals surface area contributed by atoms with E-state index < -0.39 is 18.2 Å². The summed E-state index contributed by atoms with van der Waals surface area (Å²) in [6, 6.07) is 16.2. The smallest absolute Gasteiger partial charge is 0.545 e. The van der Waals surface area contributed by atoms with Crippen LogP contribution in [0.3, 0.4) is 0 Å². The molecule has 1 aliphatic heterocycles. The summed E-state index contributed by atoms with van der Waals surface area (Å²) in [5.41, 5.74) is 4.87. The predicted octanol–water partition coefficient (Wildman–Crippen LogP) is 3.26. The molecular formula is C32H30F4NNaO2. The molecule has 3 nitrogen and oxygen atoms in total. The fraction of sp³-hybridized carbons (Fsp3) is 0.344. The van der Waals surface area contributed by atoms with Gasteiger partial charge in [-0.15, -0.1) is 0 Å². The summed E-state index contributed by atoms with van der Waals surface area (Å²) in [4.78, 5) is 13.8. The Morgan fingerprint density at radius 3 is 2.40 bits per heavy atom. The van der Waals surface area contributed by atoms with Gasteiger partial charge in [0.25, 0.3) is 6.43 Å². The van der Waals surface area contributed by atoms with Gasteiger partial charge in [-0.1, -0.05) is 42.5 Å². The van der Waals surface area contributed by atoms with Crippen LogP contribution in [0, 0.1) is 11.7 Å². The van der Waals surface area contributed by atoms with Gasteiger partial charge in [0.05, 0.1) is 12.6 Å². The molecule has 2 aliphatic rings. The van der Waals surface area contributed by atoms with E-state index in [2.05, 4.69) is 4.90 Å². The molecule has 1 fully saturated rings. The van der Waals surface area contributed by atoms with Crippen molar-refractivity contribution in [3.63, 3.8) is 0 Å². The zero-order valence-corrected chi connectivity index (χ0v) is 24.6. The minimum Gasteiger partial charge on any atom is -0.545 e. The Bertz CT molecular complexity index is 1380. The number of alkyl halides is 3. The average molecular weight is 560 g/mol. The number of aromatic carboxylic acids is 1. The Morgan fingerprint density at radius 2 is 1.73 bits per heavy atom. The summed E-state index contributed by atoms with van der Waals surface area (Å²) in [5.74, 6) is -1.33. The molecule has 204 valence electrons. The first kappa shape index (κ1) is 30.5. The van der Waals surface area contributed by atoms with Crippen LogP contribution in [-0.4, -0.2) is 37.2 Å². The van der Waals surface area contributed by atoms with E-state index in [1.165, 1.54) is 12.1 Å². The molecule has 5 rings (SSSR count). The number of hydrogen-bond acceptors (Lipinski definition) is 3. The van der Waals surface area contributed by atoms with Gasteiger partial charge in [0, 0.05) is 30.8 Å². The first-order chi connectivity index (χ1) is 18.8. The maximum atomic E-state index is 15.2. The molecule has 0 N–H and O–H groups in total. The third kappa shape index (κ3) is 6.71. The van der Waals surface area contributed by atoms with E-state index in [9.17, 15) is 23.1 Å². The number of fused-ring (bicyclic) bond motifs is 1. The van der Waals surface area contributed by atoms with Crippen LogP contribution in [0.15, 0.2) is 60.7 Å². The van der Waals surface area contributed by atoms with E-state index in [4.69, 9.17) is 0 Å². The van der Waals surface area contributed by atoms with Gasteiger partial charge in [-0.05, 0) is 95.2 Å². The number of nitrogens with zero attached hydrogens (tertiary/aromatic N) is 1. The van der Waals surface area contributed by atoms with E-state index in [1.807, 2.05) is 24.3 Å². The molecule has 1 heterocycles. The summed E-state index contributed by atoms with van der Waals surface area (Å²) in [6.07, 6.45) is 0.362. The molecule has 1 aliphatic carbocycles. The largest absolute Gasteiger partial charge is 1.00 e. The molecule has 0 amide bonds. The maximum absolute atomic E-state index is 15.2. The average Bonchev–Trinajstić information content (AvgIpc) is 3.09. The first-order valence-electron chi connectivity index (χ1n) is 13.4. The molecule has 0 saturated carbocycles. The third-order valence-corrected chi connectivity index (χ3v) is 7.76. The number of benzene rings is 3. The Labute approximate surface area is 254 Å². The van der Waals surface area contributed by atoms with Crippen LogP contribution in [0.2, 0.25) is 0 Å². The van der Waals surface area contributed by atoms with Crippen molar-refractivity contribution in [3.8, 4) is 0 Å². The fourth-order valence-electron chi connectivity index (χ4n) is 5.84. The summed E-state index contributed by atoms with van der Waals surface area (Å²) < 4.78 is 54.7. The van der Waals surface area contributed by atoms with Gasteiger partial charge in [0.1, 0.15) is 5.82 Å². The quantitative estimate of drug-likeness (QED) is 0.299. The Kier molecular flexibility index (Phi) is 10.3. The second-order valence-electron chi connectivity index (χ2n) is 10.5. The van der Waals surface area contributed by atoms with Crippen molar-refractivity contribution in [2.24, 2.45) is 5.92 Å². The van der Waals surface area contributed by atoms with Crippen LogP contribution in [0.5, 0.6) is 0 Å². The van der Waals surface area contributed by atoms with Gasteiger partial charge in [0.2, 0.25) is 0 Å². The molecule has 0 atom stereocenters. The minimum absolute atomic E-state index is 0. The van der Waals surface area contributed by atoms with Crippen molar-refractivity contribution in [3.05, 3.63) is 105 Å². The van der Waals surface area contributed by atoms with Crippen molar-refractivity contribution >= 4 is 17.1 Å². The van der Waals surface area contributed by atoms with Crippen LogP contribution < -0.4 is 34.7 Å². The maximum Gasteiger partial charge on any atom is 1.00 e. The molecule has 40 heavy (non-hydrogen) atoms. The first-order valence-corrected chi connectivity index (χ1v) is 13.4. The number of carboxylic acid groups (broad SMARTS) is 1. The summed E-state index contributed by atoms with van der Waals surface area (Å²) >= 11 is 0. The Hall–Kier alpha value is -2.45. The SMILES string of the molecule is O=C([O-])c1ccc2c(c1)CCCC(c1cc(C(F)F)ccc1F)=C2c1ccc(CC2CN(CCCF)C2)cc1.[Na+]. The molecule has 1 saturated heterocycles. The Balaban J connectivity index is 0.00000370. The van der Waals surface area contributed by atoms with Gasteiger partial charge in [-0.2, -0.15) is 0 Å². The number of hydrogen-bond donors (Lipinski definition) is 0. The Morgan fingerprint density at radius 1 is 0.975 bits per heavy atom. The predicted molar refractivity (Wildman–Crippen MR) is 142 cm³/mol. The zero-order valence-electron chi connectivity index (χ0n) is 22.6. The van der Waals surface area contributed by atoms with Crippen LogP contribution in [-0.2, 0) is 12.8 Å². The molecule has 0 aromatic heterocycles. The normalized spacial score (nSPS) is 15.8. The number of carbonyl (C=O) groups excluding carboxylic acids is 1. The molecular weight excluding hydrogens is 529 g/mol. The van der Waals surface area contributed by atoms with Crippen molar-refractivity contribution in [1.29, 1.82) is 0 Å². The number of allylic oxidation sites excluding steroid dienone is 1. The molecule has 0 unspecified atom stereocenters. The number of aryl methyl sites for hydroxylation is 1. The number of halogens is 4. The third-order valence-electron chi connectivity index (χ3n) is 7.76. The van der Waals surface area contributed by atoms with Gasteiger partial charge in [0.15, 0.2) is 0 Å².